The number of thiol groups is 1. The van der Waals surface area contributed by atoms with Gasteiger partial charge in [0, 0.05) is 11.1 Å². The Kier molecular flexibility index (Phi) is 2.42. The second kappa shape index (κ2) is 3.38. The number of oxazole rings is 1. The number of rotatable bonds is 1. The zero-order chi connectivity index (χ0) is 11.2. The number of fused-ring (bicyclic) bond motifs is 1. The van der Waals surface area contributed by atoms with Crippen molar-refractivity contribution in [3.05, 3.63) is 17.2 Å². The van der Waals surface area contributed by atoms with Gasteiger partial charge < -0.3 is 4.42 Å². The molecule has 2 aromatic rings. The summed E-state index contributed by atoms with van der Waals surface area (Å²) in [5.41, 5.74) is 0.159. The van der Waals surface area contributed by atoms with Gasteiger partial charge in [-0.05, 0) is 6.07 Å². The van der Waals surface area contributed by atoms with Crippen molar-refractivity contribution in [3.8, 4) is 0 Å². The van der Waals surface area contributed by atoms with E-state index in [0.717, 1.165) is 6.07 Å². The lowest BCUT2D eigenvalue weighted by atomic mass is 10.3. The van der Waals surface area contributed by atoms with Crippen molar-refractivity contribution < 1.29 is 17.4 Å². The first-order chi connectivity index (χ1) is 6.88. The third kappa shape index (κ3) is 1.96. The molecule has 0 unspecified atom stereocenters. The second-order valence-electron chi connectivity index (χ2n) is 2.72. The van der Waals surface area contributed by atoms with Gasteiger partial charge in [-0.2, -0.15) is 8.42 Å². The van der Waals surface area contributed by atoms with Crippen LogP contribution in [-0.2, 0) is 10.1 Å². The second-order valence-corrected chi connectivity index (χ2v) is 4.93. The molecule has 0 bridgehead atoms. The summed E-state index contributed by atoms with van der Waals surface area (Å²) in [7, 11) is -4.38. The molecule has 1 aromatic heterocycles. The molecule has 0 saturated heterocycles. The Hall–Kier alpha value is -0.760. The van der Waals surface area contributed by atoms with Crippen LogP contribution in [0.4, 0.5) is 0 Å². The molecule has 1 N–H and O–H groups in total. The Labute approximate surface area is 95.2 Å². The van der Waals surface area contributed by atoms with Gasteiger partial charge in [0.05, 0.1) is 0 Å². The molecule has 0 amide bonds. The molecule has 15 heavy (non-hydrogen) atoms. The molecule has 0 fully saturated rings. The van der Waals surface area contributed by atoms with Crippen molar-refractivity contribution in [2.75, 3.05) is 0 Å². The van der Waals surface area contributed by atoms with Gasteiger partial charge in [0.1, 0.15) is 10.4 Å². The van der Waals surface area contributed by atoms with Crippen LogP contribution in [0.1, 0.15) is 0 Å². The van der Waals surface area contributed by atoms with Crippen LogP contribution in [-0.4, -0.2) is 18.0 Å². The van der Waals surface area contributed by atoms with Crippen LogP contribution < -0.4 is 0 Å². The molecule has 8 heteroatoms. The summed E-state index contributed by atoms with van der Waals surface area (Å²) < 4.78 is 35.9. The first kappa shape index (κ1) is 10.7. The lowest BCUT2D eigenvalue weighted by Crippen LogP contribution is -1.99. The predicted molar refractivity (Wildman–Crippen MR) is 56.1 cm³/mol. The third-order valence-electron chi connectivity index (χ3n) is 1.69. The molecule has 1 aromatic carbocycles. The summed E-state index contributed by atoms with van der Waals surface area (Å²) in [4.78, 5) is 3.33. The van der Waals surface area contributed by atoms with Crippen LogP contribution >= 0.6 is 24.2 Å². The van der Waals surface area contributed by atoms with E-state index >= 15 is 0 Å². The quantitative estimate of drug-likeness (QED) is 0.609. The Balaban J connectivity index is 2.94. The normalized spacial score (nSPS) is 12.2. The molecule has 1 heterocycles. The summed E-state index contributed by atoms with van der Waals surface area (Å²) in [5.74, 6) is 0. The fourth-order valence-electron chi connectivity index (χ4n) is 1.15. The molecule has 2 rings (SSSR count). The first-order valence-corrected chi connectivity index (χ1v) is 5.91. The van der Waals surface area contributed by atoms with E-state index in [-0.39, 0.29) is 21.3 Å². The largest absolute Gasteiger partial charge is 0.431 e. The molecule has 5 nitrogen and oxygen atoms in total. The first-order valence-electron chi connectivity index (χ1n) is 3.64. The van der Waals surface area contributed by atoms with Gasteiger partial charge in [-0.1, -0.05) is 24.2 Å². The minimum absolute atomic E-state index is 0.00262. The average Bonchev–Trinajstić information content (AvgIpc) is 2.41. The van der Waals surface area contributed by atoms with E-state index in [4.69, 9.17) is 20.6 Å². The Morgan fingerprint density at radius 3 is 2.73 bits per heavy atom. The Bertz CT molecular complexity index is 634. The topological polar surface area (TPSA) is 80.4 Å². The maximum absolute atomic E-state index is 11.0. The Morgan fingerprint density at radius 1 is 1.47 bits per heavy atom. The zero-order valence-electron chi connectivity index (χ0n) is 7.01. The lowest BCUT2D eigenvalue weighted by Gasteiger charge is -1.97. The number of hydrogen-bond acceptors (Lipinski definition) is 5. The highest BCUT2D eigenvalue weighted by Crippen LogP contribution is 2.28. The van der Waals surface area contributed by atoms with Crippen LogP contribution in [0.25, 0.3) is 11.1 Å². The number of halogens is 1. The minimum atomic E-state index is -4.38. The fourth-order valence-corrected chi connectivity index (χ4v) is 2.29. The molecule has 0 atom stereocenters. The molecular weight excluding hydrogens is 262 g/mol. The molecule has 0 aliphatic carbocycles. The SMILES string of the molecule is O=S(=O)(O)c1cc(Cl)cc2oc(S)nc12. The molecular formula is C7H4ClNO4S2. The molecule has 0 aliphatic heterocycles. The van der Waals surface area contributed by atoms with E-state index in [1.165, 1.54) is 6.07 Å². The van der Waals surface area contributed by atoms with Crippen LogP contribution in [0.3, 0.4) is 0 Å². The Morgan fingerprint density at radius 2 is 2.13 bits per heavy atom. The van der Waals surface area contributed by atoms with Crippen molar-refractivity contribution in [1.82, 2.24) is 4.98 Å². The summed E-state index contributed by atoms with van der Waals surface area (Å²) >= 11 is 9.47. The highest BCUT2D eigenvalue weighted by atomic mass is 35.5. The van der Waals surface area contributed by atoms with Crippen molar-refractivity contribution >= 4 is 45.4 Å². The van der Waals surface area contributed by atoms with E-state index in [2.05, 4.69) is 17.6 Å². The number of benzene rings is 1. The summed E-state index contributed by atoms with van der Waals surface area (Å²) in [6.07, 6.45) is 0. The third-order valence-corrected chi connectivity index (χ3v) is 2.97. The van der Waals surface area contributed by atoms with Gasteiger partial charge in [-0.15, -0.1) is 0 Å². The lowest BCUT2D eigenvalue weighted by molar-refractivity contribution is 0.484. The molecule has 0 spiro atoms. The maximum Gasteiger partial charge on any atom is 0.296 e. The van der Waals surface area contributed by atoms with Gasteiger partial charge in [-0.3, -0.25) is 4.55 Å². The summed E-state index contributed by atoms with van der Waals surface area (Å²) in [5, 5.41) is 0.122. The maximum atomic E-state index is 11.0. The molecule has 0 radical (unpaired) electrons. The molecule has 0 saturated carbocycles. The van der Waals surface area contributed by atoms with Crippen LogP contribution in [0.2, 0.25) is 5.02 Å². The van der Waals surface area contributed by atoms with E-state index in [1.54, 1.807) is 0 Å². The number of aromatic nitrogens is 1. The van der Waals surface area contributed by atoms with Crippen molar-refractivity contribution in [1.29, 1.82) is 0 Å². The van der Waals surface area contributed by atoms with Crippen LogP contribution in [0.15, 0.2) is 26.7 Å². The van der Waals surface area contributed by atoms with Crippen LogP contribution in [0.5, 0.6) is 0 Å². The van der Waals surface area contributed by atoms with Crippen molar-refractivity contribution in [3.63, 3.8) is 0 Å². The highest BCUT2D eigenvalue weighted by Gasteiger charge is 2.19. The monoisotopic (exact) mass is 265 g/mol. The smallest absolute Gasteiger partial charge is 0.296 e. The zero-order valence-corrected chi connectivity index (χ0v) is 9.47. The summed E-state index contributed by atoms with van der Waals surface area (Å²) in [6, 6.07) is 2.48. The predicted octanol–water partition coefficient (Wildman–Crippen LogP) is 2.02. The molecule has 80 valence electrons. The van der Waals surface area contributed by atoms with Crippen molar-refractivity contribution in [2.45, 2.75) is 10.1 Å². The average molecular weight is 266 g/mol. The summed E-state index contributed by atoms with van der Waals surface area (Å²) in [6.45, 7) is 0. The van der Waals surface area contributed by atoms with Gasteiger partial charge in [0.25, 0.3) is 15.3 Å². The van der Waals surface area contributed by atoms with Crippen molar-refractivity contribution in [2.24, 2.45) is 0 Å². The van der Waals surface area contributed by atoms with E-state index in [9.17, 15) is 8.42 Å². The van der Waals surface area contributed by atoms with Gasteiger partial charge in [0.15, 0.2) is 5.58 Å². The van der Waals surface area contributed by atoms with Crippen LogP contribution in [0, 0.1) is 0 Å². The van der Waals surface area contributed by atoms with Gasteiger partial charge in [0.2, 0.25) is 0 Å². The van der Waals surface area contributed by atoms with Gasteiger partial charge in [-0.25, -0.2) is 4.98 Å². The number of nitrogens with zero attached hydrogens (tertiary/aromatic N) is 1. The minimum Gasteiger partial charge on any atom is -0.431 e. The van der Waals surface area contributed by atoms with E-state index in [1.807, 2.05) is 0 Å². The molecule has 0 aliphatic rings. The number of hydrogen-bond donors (Lipinski definition) is 2. The fraction of sp³-hybridized carbons (Fsp3) is 0. The standard InChI is InChI=1S/C7H4ClNO4S2/c8-3-1-4-6(9-7(14)13-4)5(2-3)15(10,11)12/h1-2H,(H,9,14)(H,10,11,12). The van der Waals surface area contributed by atoms with Gasteiger partial charge >= 0.3 is 0 Å². The highest BCUT2D eigenvalue weighted by molar-refractivity contribution is 7.86. The van der Waals surface area contributed by atoms with E-state index in [0.29, 0.717) is 0 Å². The van der Waals surface area contributed by atoms with E-state index < -0.39 is 15.0 Å².